The maximum absolute atomic E-state index is 6.08. The van der Waals surface area contributed by atoms with Crippen molar-refractivity contribution in [1.82, 2.24) is 0 Å². The molecule has 0 aliphatic carbocycles. The molecule has 0 unspecified atom stereocenters. The molecule has 0 saturated carbocycles. The smallest absolute Gasteiger partial charge is 0.175 e. The summed E-state index contributed by atoms with van der Waals surface area (Å²) in [5.41, 5.74) is 3.21. The van der Waals surface area contributed by atoms with Gasteiger partial charge in [-0.15, -0.1) is 0 Å². The number of hydrogen-bond acceptors (Lipinski definition) is 4. The molecule has 0 aliphatic heterocycles. The lowest BCUT2D eigenvalue weighted by Gasteiger charge is -2.16. The third-order valence-electron chi connectivity index (χ3n) is 4.33. The van der Waals surface area contributed by atoms with Gasteiger partial charge in [-0.3, -0.25) is 0 Å². The lowest BCUT2D eigenvalue weighted by molar-refractivity contribution is 0.267. The Morgan fingerprint density at radius 1 is 0.767 bits per heavy atom. The predicted molar refractivity (Wildman–Crippen MR) is 129 cm³/mol. The Kier molecular flexibility index (Phi) is 8.46. The molecule has 0 saturated heterocycles. The molecular weight excluding hydrogens is 510 g/mol. The van der Waals surface area contributed by atoms with Crippen molar-refractivity contribution >= 4 is 37.5 Å². The Labute approximate surface area is 194 Å². The van der Waals surface area contributed by atoms with Crippen molar-refractivity contribution in [2.75, 3.05) is 18.5 Å². The van der Waals surface area contributed by atoms with Crippen LogP contribution in [-0.2, 0) is 13.2 Å². The zero-order valence-electron chi connectivity index (χ0n) is 17.1. The lowest BCUT2D eigenvalue weighted by atomic mass is 10.2. The number of anilines is 1. The van der Waals surface area contributed by atoms with Crippen molar-refractivity contribution in [2.24, 2.45) is 0 Å². The molecule has 0 fully saturated rings. The third-order valence-corrected chi connectivity index (χ3v) is 5.45. The highest BCUT2D eigenvalue weighted by Crippen LogP contribution is 2.37. The molecule has 1 N–H and O–H groups in total. The molecule has 0 heterocycles. The Morgan fingerprint density at radius 3 is 2.13 bits per heavy atom. The van der Waals surface area contributed by atoms with Crippen molar-refractivity contribution in [3.05, 3.63) is 80.7 Å². The summed E-state index contributed by atoms with van der Waals surface area (Å²) in [6.45, 7) is 6.31. The molecule has 4 nitrogen and oxygen atoms in total. The lowest BCUT2D eigenvalue weighted by Crippen LogP contribution is -2.04. The Hall–Kier alpha value is -2.18. The van der Waals surface area contributed by atoms with Gasteiger partial charge in [0.2, 0.25) is 0 Å². The van der Waals surface area contributed by atoms with Crippen LogP contribution in [0, 0.1) is 0 Å². The zero-order chi connectivity index (χ0) is 21.3. The van der Waals surface area contributed by atoms with E-state index in [0.717, 1.165) is 37.3 Å². The number of benzene rings is 3. The molecule has 0 spiro atoms. The highest BCUT2D eigenvalue weighted by Gasteiger charge is 2.13. The minimum atomic E-state index is 0.468. The molecule has 3 aromatic carbocycles. The summed E-state index contributed by atoms with van der Waals surface area (Å²) in [4.78, 5) is 0. The maximum atomic E-state index is 6.08. The molecule has 3 rings (SSSR count). The molecule has 6 heteroatoms. The van der Waals surface area contributed by atoms with Gasteiger partial charge >= 0.3 is 0 Å². The summed E-state index contributed by atoms with van der Waals surface area (Å²) in [7, 11) is 0. The van der Waals surface area contributed by atoms with Crippen molar-refractivity contribution in [1.29, 1.82) is 0 Å². The maximum Gasteiger partial charge on any atom is 0.175 e. The van der Waals surface area contributed by atoms with Gasteiger partial charge in [0.1, 0.15) is 12.4 Å². The minimum Gasteiger partial charge on any atom is -0.494 e. The Balaban J connectivity index is 1.69. The fraction of sp³-hybridized carbons (Fsp3) is 0.250. The van der Waals surface area contributed by atoms with Gasteiger partial charge in [-0.1, -0.05) is 28.1 Å². The van der Waals surface area contributed by atoms with E-state index in [-0.39, 0.29) is 0 Å². The minimum absolute atomic E-state index is 0.468. The largest absolute Gasteiger partial charge is 0.494 e. The van der Waals surface area contributed by atoms with Gasteiger partial charge in [-0.05, 0) is 89.4 Å². The van der Waals surface area contributed by atoms with Gasteiger partial charge in [0.25, 0.3) is 0 Å². The van der Waals surface area contributed by atoms with Gasteiger partial charge in [0, 0.05) is 16.7 Å². The van der Waals surface area contributed by atoms with Crippen LogP contribution in [0.3, 0.4) is 0 Å². The molecule has 3 aromatic rings. The van der Waals surface area contributed by atoms with Crippen LogP contribution < -0.4 is 19.5 Å². The number of nitrogens with one attached hydrogen (secondary N) is 1. The first-order chi connectivity index (χ1) is 14.6. The number of hydrogen-bond donors (Lipinski definition) is 1. The van der Waals surface area contributed by atoms with E-state index in [2.05, 4.69) is 43.2 Å². The summed E-state index contributed by atoms with van der Waals surface area (Å²) in [6, 6.07) is 20.1. The molecule has 0 amide bonds. The topological polar surface area (TPSA) is 39.7 Å². The highest BCUT2D eigenvalue weighted by molar-refractivity contribution is 9.10. The zero-order valence-corrected chi connectivity index (χ0v) is 20.3. The number of halogens is 2. The van der Waals surface area contributed by atoms with E-state index in [1.807, 2.05) is 68.4 Å². The SMILES string of the molecule is CCOc1ccc(NCc2cc(Br)c(OCc3ccc(Br)cc3)c(OCC)c2)cc1. The van der Waals surface area contributed by atoms with E-state index < -0.39 is 0 Å². The van der Waals surface area contributed by atoms with E-state index in [1.54, 1.807) is 0 Å². The summed E-state index contributed by atoms with van der Waals surface area (Å²) in [5, 5.41) is 3.43. The quantitative estimate of drug-likeness (QED) is 0.298. The van der Waals surface area contributed by atoms with Gasteiger partial charge in [-0.25, -0.2) is 0 Å². The summed E-state index contributed by atoms with van der Waals surface area (Å²) >= 11 is 7.10. The second-order valence-corrected chi connectivity index (χ2v) is 8.33. The van der Waals surface area contributed by atoms with Gasteiger partial charge in [0.15, 0.2) is 11.5 Å². The summed E-state index contributed by atoms with van der Waals surface area (Å²) in [6.07, 6.45) is 0. The molecule has 0 bridgehead atoms. The predicted octanol–water partition coefficient (Wildman–Crippen LogP) is 7.20. The molecular formula is C24H25Br2NO3. The average Bonchev–Trinajstić information content (AvgIpc) is 2.74. The fourth-order valence-corrected chi connectivity index (χ4v) is 3.77. The molecule has 158 valence electrons. The monoisotopic (exact) mass is 533 g/mol. The first-order valence-electron chi connectivity index (χ1n) is 9.88. The van der Waals surface area contributed by atoms with Crippen LogP contribution in [0.15, 0.2) is 69.6 Å². The van der Waals surface area contributed by atoms with E-state index in [1.165, 1.54) is 0 Å². The average molecular weight is 535 g/mol. The first kappa shape index (κ1) is 22.5. The molecule has 30 heavy (non-hydrogen) atoms. The van der Waals surface area contributed by atoms with Crippen LogP contribution in [0.25, 0.3) is 0 Å². The van der Waals surface area contributed by atoms with E-state index >= 15 is 0 Å². The highest BCUT2D eigenvalue weighted by atomic mass is 79.9. The molecule has 0 radical (unpaired) electrons. The van der Waals surface area contributed by atoms with Crippen LogP contribution in [0.2, 0.25) is 0 Å². The van der Waals surface area contributed by atoms with Crippen molar-refractivity contribution in [2.45, 2.75) is 27.0 Å². The van der Waals surface area contributed by atoms with Crippen LogP contribution >= 0.6 is 31.9 Å². The van der Waals surface area contributed by atoms with E-state index in [4.69, 9.17) is 14.2 Å². The number of rotatable bonds is 10. The Bertz CT molecular complexity index is 944. The van der Waals surface area contributed by atoms with Crippen LogP contribution in [0.4, 0.5) is 5.69 Å². The third kappa shape index (κ3) is 6.41. The van der Waals surface area contributed by atoms with E-state index in [0.29, 0.717) is 32.1 Å². The van der Waals surface area contributed by atoms with Gasteiger partial charge in [0.05, 0.1) is 17.7 Å². The fourth-order valence-electron chi connectivity index (χ4n) is 2.90. The Morgan fingerprint density at radius 2 is 1.47 bits per heavy atom. The summed E-state index contributed by atoms with van der Waals surface area (Å²) in [5.74, 6) is 2.31. The van der Waals surface area contributed by atoms with E-state index in [9.17, 15) is 0 Å². The van der Waals surface area contributed by atoms with Gasteiger partial charge in [-0.2, -0.15) is 0 Å². The van der Waals surface area contributed by atoms with Crippen LogP contribution in [-0.4, -0.2) is 13.2 Å². The first-order valence-corrected chi connectivity index (χ1v) is 11.5. The van der Waals surface area contributed by atoms with Crippen molar-refractivity contribution in [3.63, 3.8) is 0 Å². The van der Waals surface area contributed by atoms with Crippen molar-refractivity contribution < 1.29 is 14.2 Å². The van der Waals surface area contributed by atoms with Crippen molar-refractivity contribution in [3.8, 4) is 17.2 Å². The van der Waals surface area contributed by atoms with Crippen LogP contribution in [0.5, 0.6) is 17.2 Å². The molecule has 0 aliphatic rings. The molecule has 0 aromatic heterocycles. The van der Waals surface area contributed by atoms with Gasteiger partial charge < -0.3 is 19.5 Å². The molecule has 0 atom stereocenters. The second-order valence-electron chi connectivity index (χ2n) is 6.56. The normalized spacial score (nSPS) is 10.5. The summed E-state index contributed by atoms with van der Waals surface area (Å²) < 4.78 is 19.3. The number of ether oxygens (including phenoxy) is 3. The second kappa shape index (κ2) is 11.3. The van der Waals surface area contributed by atoms with Crippen LogP contribution in [0.1, 0.15) is 25.0 Å². The standard InChI is InChI=1S/C24H25Br2NO3/c1-3-28-21-11-9-20(10-12-21)27-15-18-13-22(26)24(23(14-18)29-4-2)30-16-17-5-7-19(25)8-6-17/h5-14,27H,3-4,15-16H2,1-2H3.